The van der Waals surface area contributed by atoms with Crippen LogP contribution in [-0.4, -0.2) is 11.6 Å². The summed E-state index contributed by atoms with van der Waals surface area (Å²) < 4.78 is 5.50. The predicted octanol–water partition coefficient (Wildman–Crippen LogP) is 3.50. The summed E-state index contributed by atoms with van der Waals surface area (Å²) in [6.45, 7) is 6.89. The van der Waals surface area contributed by atoms with Gasteiger partial charge >= 0.3 is 0 Å². The highest BCUT2D eigenvalue weighted by atomic mass is 16.5. The quantitative estimate of drug-likeness (QED) is 0.781. The molecule has 0 unspecified atom stereocenters. The minimum Gasteiger partial charge on any atom is -0.478 e. The molecule has 2 nitrogen and oxygen atoms in total. The Kier molecular flexibility index (Phi) is 3.09. The van der Waals surface area contributed by atoms with Gasteiger partial charge in [0.2, 0.25) is 5.88 Å². The molecule has 0 radical (unpaired) electrons. The van der Waals surface area contributed by atoms with Gasteiger partial charge in [0.15, 0.2) is 0 Å². The summed E-state index contributed by atoms with van der Waals surface area (Å²) in [5.74, 6) is 0.737. The summed E-state index contributed by atoms with van der Waals surface area (Å²) in [6.07, 6.45) is 1.00. The van der Waals surface area contributed by atoms with Crippen LogP contribution in [0.4, 0.5) is 0 Å². The fraction of sp³-hybridized carbons (Fsp3) is 0.357. The van der Waals surface area contributed by atoms with Gasteiger partial charge in [0.05, 0.1) is 12.1 Å². The van der Waals surface area contributed by atoms with Crippen molar-refractivity contribution in [2.45, 2.75) is 27.2 Å². The lowest BCUT2D eigenvalue weighted by Gasteiger charge is -2.09. The number of hydrogen-bond acceptors (Lipinski definition) is 2. The Bertz CT molecular complexity index is 505. The van der Waals surface area contributed by atoms with Gasteiger partial charge in [-0.1, -0.05) is 25.1 Å². The molecular formula is C14H17NO. The number of aryl methyl sites for hydroxylation is 2. The molecule has 16 heavy (non-hydrogen) atoms. The molecule has 0 bridgehead atoms. The van der Waals surface area contributed by atoms with Crippen LogP contribution in [0.15, 0.2) is 24.3 Å². The Hall–Kier alpha value is -1.57. The van der Waals surface area contributed by atoms with Crippen molar-refractivity contribution < 1.29 is 4.74 Å². The SMILES string of the molecule is CCOc1cc(CC)c2cccc(C)c2n1. The third-order valence-corrected chi connectivity index (χ3v) is 2.78. The van der Waals surface area contributed by atoms with E-state index in [-0.39, 0.29) is 0 Å². The minimum atomic E-state index is 0.660. The summed E-state index contributed by atoms with van der Waals surface area (Å²) in [6, 6.07) is 8.35. The molecule has 2 heteroatoms. The van der Waals surface area contributed by atoms with E-state index in [1.807, 2.05) is 13.0 Å². The Morgan fingerprint density at radius 3 is 2.75 bits per heavy atom. The van der Waals surface area contributed by atoms with Crippen molar-refractivity contribution in [3.05, 3.63) is 35.4 Å². The van der Waals surface area contributed by atoms with Crippen LogP contribution in [0.3, 0.4) is 0 Å². The van der Waals surface area contributed by atoms with E-state index in [2.05, 4.69) is 37.0 Å². The van der Waals surface area contributed by atoms with Crippen LogP contribution in [0.2, 0.25) is 0 Å². The zero-order valence-corrected chi connectivity index (χ0v) is 10.1. The van der Waals surface area contributed by atoms with Crippen LogP contribution in [0, 0.1) is 6.92 Å². The van der Waals surface area contributed by atoms with Gasteiger partial charge in [-0.25, -0.2) is 4.98 Å². The molecule has 0 amide bonds. The van der Waals surface area contributed by atoms with Gasteiger partial charge in [-0.15, -0.1) is 0 Å². The molecule has 0 saturated heterocycles. The molecular weight excluding hydrogens is 198 g/mol. The van der Waals surface area contributed by atoms with E-state index in [1.165, 1.54) is 16.5 Å². The smallest absolute Gasteiger partial charge is 0.214 e. The largest absolute Gasteiger partial charge is 0.478 e. The summed E-state index contributed by atoms with van der Waals surface area (Å²) in [4.78, 5) is 4.55. The van der Waals surface area contributed by atoms with E-state index in [1.54, 1.807) is 0 Å². The zero-order valence-electron chi connectivity index (χ0n) is 10.1. The number of aromatic nitrogens is 1. The van der Waals surface area contributed by atoms with Gasteiger partial charge in [-0.2, -0.15) is 0 Å². The lowest BCUT2D eigenvalue weighted by Crippen LogP contribution is -1.97. The molecule has 0 aliphatic rings. The average molecular weight is 215 g/mol. The average Bonchev–Trinajstić information content (AvgIpc) is 2.30. The van der Waals surface area contributed by atoms with Crippen LogP contribution in [-0.2, 0) is 6.42 Å². The molecule has 0 aliphatic carbocycles. The van der Waals surface area contributed by atoms with Crippen LogP contribution in [0.25, 0.3) is 10.9 Å². The van der Waals surface area contributed by atoms with Crippen molar-refractivity contribution in [2.24, 2.45) is 0 Å². The van der Waals surface area contributed by atoms with Crippen molar-refractivity contribution in [3.63, 3.8) is 0 Å². The Morgan fingerprint density at radius 1 is 1.25 bits per heavy atom. The lowest BCUT2D eigenvalue weighted by atomic mass is 10.0. The van der Waals surface area contributed by atoms with Crippen LogP contribution in [0.1, 0.15) is 25.0 Å². The van der Waals surface area contributed by atoms with Crippen molar-refractivity contribution in [3.8, 4) is 5.88 Å². The molecule has 2 rings (SSSR count). The number of fused-ring (bicyclic) bond motifs is 1. The summed E-state index contributed by atoms with van der Waals surface area (Å²) >= 11 is 0. The van der Waals surface area contributed by atoms with Gasteiger partial charge in [0, 0.05) is 11.5 Å². The van der Waals surface area contributed by atoms with Crippen LogP contribution >= 0.6 is 0 Å². The number of nitrogens with zero attached hydrogens (tertiary/aromatic N) is 1. The normalized spacial score (nSPS) is 10.7. The van der Waals surface area contributed by atoms with Gasteiger partial charge in [0.1, 0.15) is 0 Å². The number of para-hydroxylation sites is 1. The first-order valence-electron chi connectivity index (χ1n) is 5.78. The van der Waals surface area contributed by atoms with E-state index < -0.39 is 0 Å². The highest BCUT2D eigenvalue weighted by Crippen LogP contribution is 2.24. The van der Waals surface area contributed by atoms with Crippen molar-refractivity contribution >= 4 is 10.9 Å². The van der Waals surface area contributed by atoms with E-state index in [4.69, 9.17) is 4.74 Å². The second-order valence-corrected chi connectivity index (χ2v) is 3.88. The van der Waals surface area contributed by atoms with E-state index in [0.717, 1.165) is 17.8 Å². The maximum atomic E-state index is 5.50. The molecule has 0 saturated carbocycles. The van der Waals surface area contributed by atoms with Crippen LogP contribution in [0.5, 0.6) is 5.88 Å². The standard InChI is InChI=1S/C14H17NO/c1-4-11-9-13(16-5-2)15-14-10(3)7-6-8-12(11)14/h6-9H,4-5H2,1-3H3. The molecule has 0 aliphatic heterocycles. The zero-order chi connectivity index (χ0) is 11.5. The van der Waals surface area contributed by atoms with Gasteiger partial charge in [-0.3, -0.25) is 0 Å². The third kappa shape index (κ3) is 1.87. The molecule has 0 spiro atoms. The van der Waals surface area contributed by atoms with Crippen LogP contribution < -0.4 is 4.74 Å². The molecule has 1 heterocycles. The molecule has 1 aromatic heterocycles. The Morgan fingerprint density at radius 2 is 2.06 bits per heavy atom. The maximum absolute atomic E-state index is 5.50. The van der Waals surface area contributed by atoms with Crippen molar-refractivity contribution in [1.29, 1.82) is 0 Å². The van der Waals surface area contributed by atoms with E-state index >= 15 is 0 Å². The van der Waals surface area contributed by atoms with Gasteiger partial charge in [-0.05, 0) is 31.4 Å². The fourth-order valence-electron chi connectivity index (χ4n) is 1.95. The molecule has 84 valence electrons. The second-order valence-electron chi connectivity index (χ2n) is 3.88. The Balaban J connectivity index is 2.69. The monoisotopic (exact) mass is 215 g/mol. The lowest BCUT2D eigenvalue weighted by molar-refractivity contribution is 0.328. The summed E-state index contributed by atoms with van der Waals surface area (Å²) in [7, 11) is 0. The van der Waals surface area contributed by atoms with Crippen molar-refractivity contribution in [1.82, 2.24) is 4.98 Å². The number of rotatable bonds is 3. The second kappa shape index (κ2) is 4.52. The maximum Gasteiger partial charge on any atom is 0.214 e. The third-order valence-electron chi connectivity index (χ3n) is 2.78. The highest BCUT2D eigenvalue weighted by Gasteiger charge is 2.06. The van der Waals surface area contributed by atoms with Gasteiger partial charge in [0.25, 0.3) is 0 Å². The first kappa shape index (κ1) is 10.9. The summed E-state index contributed by atoms with van der Waals surface area (Å²) in [5, 5.41) is 1.24. The number of ether oxygens (including phenoxy) is 1. The van der Waals surface area contributed by atoms with Gasteiger partial charge < -0.3 is 4.74 Å². The number of pyridine rings is 1. The minimum absolute atomic E-state index is 0.660. The molecule has 0 N–H and O–H groups in total. The van der Waals surface area contributed by atoms with E-state index in [0.29, 0.717) is 6.61 Å². The topological polar surface area (TPSA) is 22.1 Å². The first-order valence-corrected chi connectivity index (χ1v) is 5.78. The number of benzene rings is 1. The molecule has 0 fully saturated rings. The first-order chi connectivity index (χ1) is 7.76. The molecule has 0 atom stereocenters. The van der Waals surface area contributed by atoms with Crippen molar-refractivity contribution in [2.75, 3.05) is 6.61 Å². The molecule has 2 aromatic rings. The summed E-state index contributed by atoms with van der Waals surface area (Å²) in [5.41, 5.74) is 3.57. The highest BCUT2D eigenvalue weighted by molar-refractivity contribution is 5.85. The Labute approximate surface area is 96.3 Å². The fourth-order valence-corrected chi connectivity index (χ4v) is 1.95. The predicted molar refractivity (Wildman–Crippen MR) is 67.0 cm³/mol. The molecule has 1 aromatic carbocycles. The number of hydrogen-bond donors (Lipinski definition) is 0. The van der Waals surface area contributed by atoms with E-state index in [9.17, 15) is 0 Å².